The topological polar surface area (TPSA) is 43.4 Å². The second kappa shape index (κ2) is 5.96. The van der Waals surface area contributed by atoms with Crippen LogP contribution in [-0.2, 0) is 20.7 Å². The number of carbonyl (C=O) groups is 2. The zero-order chi connectivity index (χ0) is 11.1. The van der Waals surface area contributed by atoms with Gasteiger partial charge in [0.1, 0.15) is 0 Å². The molecule has 0 saturated carbocycles. The van der Waals surface area contributed by atoms with Gasteiger partial charge in [0.25, 0.3) is 0 Å². The lowest BCUT2D eigenvalue weighted by Crippen LogP contribution is -2.11. The first-order valence-corrected chi connectivity index (χ1v) is 4.99. The van der Waals surface area contributed by atoms with E-state index >= 15 is 0 Å². The Bertz CT molecular complexity index is 330. The molecule has 0 spiro atoms. The van der Waals surface area contributed by atoms with Crippen molar-refractivity contribution >= 4 is 11.9 Å². The van der Waals surface area contributed by atoms with Gasteiger partial charge in [-0.1, -0.05) is 37.3 Å². The van der Waals surface area contributed by atoms with Gasteiger partial charge in [0.15, 0.2) is 0 Å². The van der Waals surface area contributed by atoms with E-state index in [1.165, 1.54) is 0 Å². The summed E-state index contributed by atoms with van der Waals surface area (Å²) in [4.78, 5) is 21.9. The fraction of sp³-hybridized carbons (Fsp3) is 0.333. The van der Waals surface area contributed by atoms with Gasteiger partial charge in [-0.25, -0.2) is 0 Å². The number of aryl methyl sites for hydroxylation is 1. The van der Waals surface area contributed by atoms with Crippen molar-refractivity contribution in [3.05, 3.63) is 35.9 Å². The van der Waals surface area contributed by atoms with E-state index in [2.05, 4.69) is 4.74 Å². The van der Waals surface area contributed by atoms with Crippen molar-refractivity contribution in [2.75, 3.05) is 0 Å². The van der Waals surface area contributed by atoms with Crippen LogP contribution in [0.25, 0.3) is 0 Å². The van der Waals surface area contributed by atoms with Crippen LogP contribution in [0.15, 0.2) is 30.3 Å². The number of hydrogen-bond donors (Lipinski definition) is 0. The maximum atomic E-state index is 11.1. The fourth-order valence-corrected chi connectivity index (χ4v) is 1.14. The van der Waals surface area contributed by atoms with Crippen molar-refractivity contribution in [1.29, 1.82) is 0 Å². The predicted octanol–water partition coefficient (Wildman–Crippen LogP) is 2.10. The Morgan fingerprint density at radius 2 is 1.80 bits per heavy atom. The maximum absolute atomic E-state index is 11.1. The lowest BCUT2D eigenvalue weighted by molar-refractivity contribution is -0.159. The van der Waals surface area contributed by atoms with Gasteiger partial charge in [-0.15, -0.1) is 0 Å². The first-order chi connectivity index (χ1) is 7.22. The molecule has 15 heavy (non-hydrogen) atoms. The molecule has 3 heteroatoms. The Morgan fingerprint density at radius 3 is 2.40 bits per heavy atom. The molecule has 0 fully saturated rings. The molecule has 0 bridgehead atoms. The summed E-state index contributed by atoms with van der Waals surface area (Å²) >= 11 is 0. The van der Waals surface area contributed by atoms with Gasteiger partial charge in [0.2, 0.25) is 0 Å². The van der Waals surface area contributed by atoms with Crippen molar-refractivity contribution in [3.8, 4) is 0 Å². The Kier molecular flexibility index (Phi) is 4.54. The van der Waals surface area contributed by atoms with E-state index in [0.29, 0.717) is 6.42 Å². The van der Waals surface area contributed by atoms with Gasteiger partial charge in [0.05, 0.1) is 6.42 Å². The van der Waals surface area contributed by atoms with Gasteiger partial charge in [-0.3, -0.25) is 9.59 Å². The second-order valence-electron chi connectivity index (χ2n) is 3.19. The molecule has 0 saturated heterocycles. The van der Waals surface area contributed by atoms with Crippen molar-refractivity contribution in [2.24, 2.45) is 0 Å². The highest BCUT2D eigenvalue weighted by Gasteiger charge is 2.07. The number of rotatable bonds is 4. The predicted molar refractivity (Wildman–Crippen MR) is 56.2 cm³/mol. The smallest absolute Gasteiger partial charge is 0.313 e. The fourth-order valence-electron chi connectivity index (χ4n) is 1.14. The van der Waals surface area contributed by atoms with Crippen molar-refractivity contribution in [1.82, 2.24) is 0 Å². The average Bonchev–Trinajstić information content (AvgIpc) is 2.27. The molecule has 1 aromatic rings. The number of esters is 2. The van der Waals surface area contributed by atoms with E-state index < -0.39 is 11.9 Å². The monoisotopic (exact) mass is 206 g/mol. The van der Waals surface area contributed by atoms with E-state index in [9.17, 15) is 9.59 Å². The van der Waals surface area contributed by atoms with E-state index in [0.717, 1.165) is 5.56 Å². The highest BCUT2D eigenvalue weighted by molar-refractivity contribution is 5.85. The summed E-state index contributed by atoms with van der Waals surface area (Å²) in [6.07, 6.45) is 1.09. The van der Waals surface area contributed by atoms with Gasteiger partial charge in [0, 0.05) is 6.42 Å². The molecule has 0 amide bonds. The number of benzene rings is 1. The molecule has 0 N–H and O–H groups in total. The Labute approximate surface area is 89.1 Å². The van der Waals surface area contributed by atoms with Crippen LogP contribution < -0.4 is 0 Å². The number of hydrogen-bond acceptors (Lipinski definition) is 3. The quantitative estimate of drug-likeness (QED) is 0.559. The van der Waals surface area contributed by atoms with Crippen LogP contribution in [0, 0.1) is 0 Å². The molecule has 0 atom stereocenters. The molecule has 0 aliphatic heterocycles. The van der Waals surface area contributed by atoms with Gasteiger partial charge < -0.3 is 4.74 Å². The van der Waals surface area contributed by atoms with Crippen LogP contribution in [0.1, 0.15) is 25.3 Å². The second-order valence-corrected chi connectivity index (χ2v) is 3.19. The molecule has 0 aliphatic rings. The molecule has 0 aliphatic carbocycles. The molecule has 0 heterocycles. The van der Waals surface area contributed by atoms with E-state index in [4.69, 9.17) is 0 Å². The zero-order valence-electron chi connectivity index (χ0n) is 8.73. The first-order valence-electron chi connectivity index (χ1n) is 4.99. The van der Waals surface area contributed by atoms with E-state index in [1.807, 2.05) is 30.3 Å². The first kappa shape index (κ1) is 11.4. The van der Waals surface area contributed by atoms with Crippen LogP contribution in [0.2, 0.25) is 0 Å². The van der Waals surface area contributed by atoms with E-state index in [-0.39, 0.29) is 12.8 Å². The largest absolute Gasteiger partial charge is 0.393 e. The molecular weight excluding hydrogens is 192 g/mol. The molecule has 0 unspecified atom stereocenters. The summed E-state index contributed by atoms with van der Waals surface area (Å²) in [6, 6.07) is 9.63. The van der Waals surface area contributed by atoms with Crippen LogP contribution in [0.4, 0.5) is 0 Å². The maximum Gasteiger partial charge on any atom is 0.313 e. The Morgan fingerprint density at radius 1 is 1.13 bits per heavy atom. The van der Waals surface area contributed by atoms with Gasteiger partial charge in [-0.2, -0.15) is 0 Å². The summed E-state index contributed by atoms with van der Waals surface area (Å²) < 4.78 is 4.54. The number of carbonyl (C=O) groups excluding carboxylic acids is 2. The zero-order valence-corrected chi connectivity index (χ0v) is 8.73. The highest BCUT2D eigenvalue weighted by atomic mass is 16.6. The molecule has 80 valence electrons. The molecular formula is C12H14O3. The lowest BCUT2D eigenvalue weighted by atomic mass is 10.1. The third-order valence-corrected chi connectivity index (χ3v) is 1.98. The highest BCUT2D eigenvalue weighted by Crippen LogP contribution is 2.03. The summed E-state index contributed by atoms with van der Waals surface area (Å²) in [7, 11) is 0. The summed E-state index contributed by atoms with van der Waals surface area (Å²) in [5.41, 5.74) is 1.07. The third kappa shape index (κ3) is 4.40. The molecule has 1 rings (SSSR count). The number of ether oxygens (including phenoxy) is 1. The molecule has 3 nitrogen and oxygen atoms in total. The van der Waals surface area contributed by atoms with Crippen LogP contribution in [-0.4, -0.2) is 11.9 Å². The summed E-state index contributed by atoms with van der Waals surface area (Å²) in [5.74, 6) is -0.918. The minimum atomic E-state index is -0.465. The lowest BCUT2D eigenvalue weighted by Gasteiger charge is -2.01. The summed E-state index contributed by atoms with van der Waals surface area (Å²) in [5, 5.41) is 0. The minimum Gasteiger partial charge on any atom is -0.393 e. The van der Waals surface area contributed by atoms with Gasteiger partial charge in [-0.05, 0) is 12.0 Å². The summed E-state index contributed by atoms with van der Waals surface area (Å²) in [6.45, 7) is 1.66. The van der Waals surface area contributed by atoms with Crippen LogP contribution in [0.5, 0.6) is 0 Å². The normalized spacial score (nSPS) is 9.67. The SMILES string of the molecule is CCC(=O)OC(=O)CCc1ccccc1. The van der Waals surface area contributed by atoms with Crippen molar-refractivity contribution in [2.45, 2.75) is 26.2 Å². The average molecular weight is 206 g/mol. The van der Waals surface area contributed by atoms with Gasteiger partial charge >= 0.3 is 11.9 Å². The van der Waals surface area contributed by atoms with Crippen molar-refractivity contribution in [3.63, 3.8) is 0 Å². The van der Waals surface area contributed by atoms with Crippen LogP contribution >= 0.6 is 0 Å². The molecule has 0 radical (unpaired) electrons. The van der Waals surface area contributed by atoms with E-state index in [1.54, 1.807) is 6.92 Å². The third-order valence-electron chi connectivity index (χ3n) is 1.98. The molecule has 0 aromatic heterocycles. The standard InChI is InChI=1S/C12H14O3/c1-2-11(13)15-12(14)9-8-10-6-4-3-5-7-10/h3-7H,2,8-9H2,1H3. The minimum absolute atomic E-state index is 0.233. The Hall–Kier alpha value is -1.64. The molecule has 1 aromatic carbocycles. The van der Waals surface area contributed by atoms with Crippen LogP contribution in [0.3, 0.4) is 0 Å². The van der Waals surface area contributed by atoms with Crippen molar-refractivity contribution < 1.29 is 14.3 Å². The Balaban J connectivity index is 2.32.